The largest absolute Gasteiger partial charge is 0.394 e. The Kier molecular flexibility index (Phi) is 8.73. The molecule has 2 aliphatic heterocycles. The molecule has 12 heteroatoms. The highest BCUT2D eigenvalue weighted by molar-refractivity contribution is 4.94. The van der Waals surface area contributed by atoms with E-state index < -0.39 is 68.0 Å². The smallest absolute Gasteiger partial charge is 0.187 e. The molecule has 0 spiro atoms. The Hall–Kier alpha value is -0.480. The molecule has 10 unspecified atom stereocenters. The summed E-state index contributed by atoms with van der Waals surface area (Å²) in [6.45, 7) is -0.125. The van der Waals surface area contributed by atoms with Gasteiger partial charge in [0.25, 0.3) is 0 Å². The highest BCUT2D eigenvalue weighted by atomic mass is 16.7. The molecule has 0 saturated carbocycles. The molecule has 12 nitrogen and oxygen atoms in total. The second-order valence-corrected chi connectivity index (χ2v) is 6.42. The summed E-state index contributed by atoms with van der Waals surface area (Å²) in [6.07, 6.45) is -13.7. The van der Waals surface area contributed by atoms with Crippen LogP contribution in [0.3, 0.4) is 0 Å². The molecule has 10 atom stereocenters. The summed E-state index contributed by atoms with van der Waals surface area (Å²) in [5, 5.41) is 59.4. The Balaban J connectivity index is 2.10. The zero-order chi connectivity index (χ0) is 20.1. The fourth-order valence-electron chi connectivity index (χ4n) is 3.12. The lowest BCUT2D eigenvalue weighted by Crippen LogP contribution is -2.64. The van der Waals surface area contributed by atoms with Gasteiger partial charge in [0, 0.05) is 13.7 Å². The molecule has 0 aliphatic carbocycles. The Morgan fingerprint density at radius 1 is 0.889 bits per heavy atom. The van der Waals surface area contributed by atoms with E-state index in [9.17, 15) is 30.6 Å². The topological polar surface area (TPSA) is 194 Å². The average Bonchev–Trinajstić information content (AvgIpc) is 2.66. The van der Waals surface area contributed by atoms with E-state index in [2.05, 4.69) is 0 Å². The Morgan fingerprint density at radius 2 is 1.56 bits per heavy atom. The molecule has 2 rings (SSSR count). The van der Waals surface area contributed by atoms with Crippen LogP contribution in [-0.4, -0.2) is 126 Å². The zero-order valence-corrected chi connectivity index (χ0v) is 14.9. The fourth-order valence-corrected chi connectivity index (χ4v) is 3.12. The minimum atomic E-state index is -1.71. The SMILES string of the molecule is COC1C(COCCN)OC(OC2C(CO)OC(O)C(O)C2O)C(O)C1O. The minimum absolute atomic E-state index is 0.00612. The van der Waals surface area contributed by atoms with Gasteiger partial charge in [0.1, 0.15) is 48.8 Å². The van der Waals surface area contributed by atoms with Gasteiger partial charge in [0.15, 0.2) is 12.6 Å². The van der Waals surface area contributed by atoms with E-state index in [0.29, 0.717) is 0 Å². The average molecular weight is 399 g/mol. The van der Waals surface area contributed by atoms with Crippen molar-refractivity contribution in [2.45, 2.75) is 61.4 Å². The number of rotatable bonds is 8. The van der Waals surface area contributed by atoms with E-state index in [0.717, 1.165) is 0 Å². The molecule has 0 aromatic carbocycles. The van der Waals surface area contributed by atoms with E-state index in [1.807, 2.05) is 0 Å². The molecule has 2 fully saturated rings. The van der Waals surface area contributed by atoms with Crippen LogP contribution in [0.5, 0.6) is 0 Å². The van der Waals surface area contributed by atoms with Gasteiger partial charge in [-0.05, 0) is 0 Å². The van der Waals surface area contributed by atoms with Crippen molar-refractivity contribution in [3.05, 3.63) is 0 Å². The standard InChI is InChI=1S/C15H29NO11/c1-23-12-7(5-24-3-2-16)26-15(11(21)9(12)19)27-13-6(4-17)25-14(22)10(20)8(13)18/h6-15,17-22H,2-5,16H2,1H3. The Bertz CT molecular complexity index is 442. The quantitative estimate of drug-likeness (QED) is 0.193. The van der Waals surface area contributed by atoms with Crippen molar-refractivity contribution >= 4 is 0 Å². The van der Waals surface area contributed by atoms with E-state index in [-0.39, 0.29) is 19.8 Å². The first kappa shape index (κ1) is 22.8. The first-order valence-electron chi connectivity index (χ1n) is 8.63. The Labute approximate surface area is 156 Å². The summed E-state index contributed by atoms with van der Waals surface area (Å²) in [5.41, 5.74) is 5.36. The van der Waals surface area contributed by atoms with Crippen LogP contribution in [0.4, 0.5) is 0 Å². The lowest BCUT2D eigenvalue weighted by Gasteiger charge is -2.46. The monoisotopic (exact) mass is 399 g/mol. The van der Waals surface area contributed by atoms with Crippen LogP contribution >= 0.6 is 0 Å². The van der Waals surface area contributed by atoms with Crippen molar-refractivity contribution < 1.29 is 54.3 Å². The van der Waals surface area contributed by atoms with Crippen LogP contribution in [0, 0.1) is 0 Å². The summed E-state index contributed by atoms with van der Waals surface area (Å²) in [5.74, 6) is 0. The lowest BCUT2D eigenvalue weighted by atomic mass is 9.97. The van der Waals surface area contributed by atoms with Gasteiger partial charge >= 0.3 is 0 Å². The molecule has 0 aromatic heterocycles. The van der Waals surface area contributed by atoms with Crippen molar-refractivity contribution in [1.29, 1.82) is 0 Å². The van der Waals surface area contributed by atoms with Crippen LogP contribution in [0.15, 0.2) is 0 Å². The number of hydrogen-bond acceptors (Lipinski definition) is 12. The van der Waals surface area contributed by atoms with Crippen LogP contribution in [0.2, 0.25) is 0 Å². The van der Waals surface area contributed by atoms with Crippen LogP contribution in [-0.2, 0) is 23.7 Å². The minimum Gasteiger partial charge on any atom is -0.394 e. The van der Waals surface area contributed by atoms with Crippen molar-refractivity contribution in [3.8, 4) is 0 Å². The maximum absolute atomic E-state index is 10.3. The van der Waals surface area contributed by atoms with Gasteiger partial charge in [0.05, 0.1) is 19.8 Å². The van der Waals surface area contributed by atoms with Gasteiger partial charge in [0.2, 0.25) is 0 Å². The summed E-state index contributed by atoms with van der Waals surface area (Å²) in [7, 11) is 1.33. The van der Waals surface area contributed by atoms with Gasteiger partial charge in [-0.3, -0.25) is 0 Å². The first-order chi connectivity index (χ1) is 12.8. The highest BCUT2D eigenvalue weighted by Gasteiger charge is 2.50. The van der Waals surface area contributed by atoms with Gasteiger partial charge in [-0.2, -0.15) is 0 Å². The second-order valence-electron chi connectivity index (χ2n) is 6.42. The van der Waals surface area contributed by atoms with Crippen LogP contribution < -0.4 is 5.73 Å². The van der Waals surface area contributed by atoms with Crippen molar-refractivity contribution in [2.24, 2.45) is 5.73 Å². The van der Waals surface area contributed by atoms with E-state index in [1.54, 1.807) is 0 Å². The molecule has 2 aliphatic rings. The Morgan fingerprint density at radius 3 is 2.15 bits per heavy atom. The van der Waals surface area contributed by atoms with Gasteiger partial charge in [-0.25, -0.2) is 0 Å². The van der Waals surface area contributed by atoms with Gasteiger partial charge in [-0.1, -0.05) is 0 Å². The molecular weight excluding hydrogens is 370 g/mol. The van der Waals surface area contributed by atoms with E-state index in [1.165, 1.54) is 7.11 Å². The second kappa shape index (κ2) is 10.3. The lowest BCUT2D eigenvalue weighted by molar-refractivity contribution is -0.357. The molecule has 2 saturated heterocycles. The number of methoxy groups -OCH3 is 1. The van der Waals surface area contributed by atoms with Crippen molar-refractivity contribution in [3.63, 3.8) is 0 Å². The maximum Gasteiger partial charge on any atom is 0.187 e. The van der Waals surface area contributed by atoms with Crippen LogP contribution in [0.25, 0.3) is 0 Å². The van der Waals surface area contributed by atoms with Crippen molar-refractivity contribution in [2.75, 3.05) is 33.5 Å². The number of aliphatic hydroxyl groups excluding tert-OH is 6. The summed E-state index contributed by atoms with van der Waals surface area (Å²) in [4.78, 5) is 0. The summed E-state index contributed by atoms with van der Waals surface area (Å²) in [6, 6.07) is 0. The predicted molar refractivity (Wildman–Crippen MR) is 86.2 cm³/mol. The van der Waals surface area contributed by atoms with Gasteiger partial charge < -0.3 is 60.1 Å². The zero-order valence-electron chi connectivity index (χ0n) is 14.9. The number of aliphatic hydroxyl groups is 6. The molecule has 0 bridgehead atoms. The van der Waals surface area contributed by atoms with Crippen LogP contribution in [0.1, 0.15) is 0 Å². The molecule has 0 amide bonds. The molecular formula is C15H29NO11. The van der Waals surface area contributed by atoms with E-state index >= 15 is 0 Å². The fraction of sp³-hybridized carbons (Fsp3) is 1.00. The van der Waals surface area contributed by atoms with Crippen molar-refractivity contribution in [1.82, 2.24) is 0 Å². The summed E-state index contributed by atoms with van der Waals surface area (Å²) >= 11 is 0. The summed E-state index contributed by atoms with van der Waals surface area (Å²) < 4.78 is 26.6. The molecule has 160 valence electrons. The number of hydrogen-bond donors (Lipinski definition) is 7. The number of nitrogens with two attached hydrogens (primary N) is 1. The van der Waals surface area contributed by atoms with E-state index in [4.69, 9.17) is 29.4 Å². The first-order valence-corrected chi connectivity index (χ1v) is 8.63. The molecule has 2 heterocycles. The molecule has 0 aromatic rings. The molecule has 27 heavy (non-hydrogen) atoms. The molecule has 0 radical (unpaired) electrons. The third-order valence-electron chi connectivity index (χ3n) is 4.59. The number of ether oxygens (including phenoxy) is 5. The third-order valence-corrected chi connectivity index (χ3v) is 4.59. The normalized spacial score (nSPS) is 45.8. The molecule has 8 N–H and O–H groups in total. The predicted octanol–water partition coefficient (Wildman–Crippen LogP) is -4.76. The maximum atomic E-state index is 10.3. The highest BCUT2D eigenvalue weighted by Crippen LogP contribution is 2.29. The van der Waals surface area contributed by atoms with Gasteiger partial charge in [-0.15, -0.1) is 0 Å². The third kappa shape index (κ3) is 5.12.